The summed E-state index contributed by atoms with van der Waals surface area (Å²) in [6, 6.07) is 6.97. The van der Waals surface area contributed by atoms with Gasteiger partial charge < -0.3 is 10.6 Å². The fourth-order valence-corrected chi connectivity index (χ4v) is 4.33. The number of carbonyl (C=O) groups excluding carboxylic acids is 1. The van der Waals surface area contributed by atoms with Gasteiger partial charge in [-0.1, -0.05) is 12.1 Å². The van der Waals surface area contributed by atoms with Crippen molar-refractivity contribution in [1.82, 2.24) is 5.32 Å². The van der Waals surface area contributed by atoms with Gasteiger partial charge in [-0.2, -0.15) is 0 Å². The van der Waals surface area contributed by atoms with Gasteiger partial charge in [0.1, 0.15) is 6.54 Å². The minimum absolute atomic E-state index is 0.143. The first-order valence-corrected chi connectivity index (χ1v) is 7.70. The Labute approximate surface area is 111 Å². The van der Waals surface area contributed by atoms with Crippen LogP contribution in [0, 0.1) is 0 Å². The minimum atomic E-state index is -3.50. The summed E-state index contributed by atoms with van der Waals surface area (Å²) in [6.45, 7) is 1.00. The Bertz CT molecular complexity index is 608. The second-order valence-corrected chi connectivity index (χ2v) is 6.87. The van der Waals surface area contributed by atoms with E-state index in [-0.39, 0.29) is 12.5 Å². The summed E-state index contributed by atoms with van der Waals surface area (Å²) in [5.41, 5.74) is 1.10. The normalized spacial score (nSPS) is 23.1. The van der Waals surface area contributed by atoms with Crippen LogP contribution < -0.4 is 14.9 Å². The van der Waals surface area contributed by atoms with E-state index in [1.807, 2.05) is 0 Å². The second-order valence-electron chi connectivity index (χ2n) is 4.73. The summed E-state index contributed by atoms with van der Waals surface area (Å²) in [6.07, 6.45) is 0.586. The lowest BCUT2D eigenvalue weighted by atomic mass is 10.2. The second kappa shape index (κ2) is 4.50. The molecule has 1 aromatic carbocycles. The molecule has 7 heteroatoms. The zero-order valence-electron chi connectivity index (χ0n) is 10.3. The standard InChI is InChI=1S/C12H15N3O3S/c16-12-8-15(11-4-2-1-3-10(11)14-12)19(17,18)9-5-6-13-7-9/h1-4,9,13H,5-8H2,(H,14,16). The number of hydrogen-bond acceptors (Lipinski definition) is 4. The molecule has 0 spiro atoms. The fraction of sp³-hybridized carbons (Fsp3) is 0.417. The molecule has 2 aliphatic heterocycles. The Hall–Kier alpha value is -1.60. The van der Waals surface area contributed by atoms with Gasteiger partial charge in [0.05, 0.1) is 16.6 Å². The number of para-hydroxylation sites is 2. The maximum Gasteiger partial charge on any atom is 0.245 e. The first-order valence-electron chi connectivity index (χ1n) is 6.20. The largest absolute Gasteiger partial charge is 0.323 e. The first kappa shape index (κ1) is 12.4. The van der Waals surface area contributed by atoms with Crippen molar-refractivity contribution in [3.8, 4) is 0 Å². The van der Waals surface area contributed by atoms with Gasteiger partial charge in [-0.3, -0.25) is 9.10 Å². The van der Waals surface area contributed by atoms with Crippen LogP contribution in [0.5, 0.6) is 0 Å². The van der Waals surface area contributed by atoms with Gasteiger partial charge in [-0.25, -0.2) is 8.42 Å². The van der Waals surface area contributed by atoms with Gasteiger partial charge in [0.2, 0.25) is 15.9 Å². The van der Waals surface area contributed by atoms with Crippen molar-refractivity contribution in [2.75, 3.05) is 29.3 Å². The lowest BCUT2D eigenvalue weighted by Gasteiger charge is -2.31. The molecule has 1 unspecified atom stereocenters. The fourth-order valence-electron chi connectivity index (χ4n) is 2.49. The van der Waals surface area contributed by atoms with Crippen LogP contribution in [0.25, 0.3) is 0 Å². The predicted molar refractivity (Wildman–Crippen MR) is 72.6 cm³/mol. The highest BCUT2D eigenvalue weighted by Crippen LogP contribution is 2.32. The molecule has 0 radical (unpaired) electrons. The third kappa shape index (κ3) is 2.08. The monoisotopic (exact) mass is 281 g/mol. The van der Waals surface area contributed by atoms with Gasteiger partial charge in [0.25, 0.3) is 0 Å². The molecular weight excluding hydrogens is 266 g/mol. The number of benzene rings is 1. The van der Waals surface area contributed by atoms with E-state index < -0.39 is 15.3 Å². The summed E-state index contributed by atoms with van der Waals surface area (Å²) in [7, 11) is -3.50. The molecule has 1 amide bonds. The number of nitrogens with zero attached hydrogens (tertiary/aromatic N) is 1. The number of rotatable bonds is 2. The SMILES string of the molecule is O=C1CN(S(=O)(=O)C2CCNC2)c2ccccc2N1. The van der Waals surface area contributed by atoms with E-state index in [0.29, 0.717) is 30.9 Å². The van der Waals surface area contributed by atoms with Crippen LogP contribution in [0.2, 0.25) is 0 Å². The van der Waals surface area contributed by atoms with E-state index in [1.165, 1.54) is 4.31 Å². The highest BCUT2D eigenvalue weighted by Gasteiger charge is 2.38. The summed E-state index contributed by atoms with van der Waals surface area (Å²) in [5, 5.41) is 5.29. The molecule has 2 heterocycles. The van der Waals surface area contributed by atoms with E-state index >= 15 is 0 Å². The van der Waals surface area contributed by atoms with Crippen LogP contribution >= 0.6 is 0 Å². The molecule has 19 heavy (non-hydrogen) atoms. The molecular formula is C12H15N3O3S. The lowest BCUT2D eigenvalue weighted by molar-refractivity contribution is -0.115. The Kier molecular flexibility index (Phi) is 2.94. The highest BCUT2D eigenvalue weighted by molar-refractivity contribution is 7.93. The van der Waals surface area contributed by atoms with Crippen molar-refractivity contribution in [2.45, 2.75) is 11.7 Å². The molecule has 1 aromatic rings. The third-order valence-electron chi connectivity index (χ3n) is 3.48. The van der Waals surface area contributed by atoms with Crippen LogP contribution in [0.1, 0.15) is 6.42 Å². The molecule has 3 rings (SSSR count). The first-order chi connectivity index (χ1) is 9.09. The van der Waals surface area contributed by atoms with Crippen molar-refractivity contribution < 1.29 is 13.2 Å². The quantitative estimate of drug-likeness (QED) is 0.808. The molecule has 6 nitrogen and oxygen atoms in total. The maximum absolute atomic E-state index is 12.6. The number of amides is 1. The van der Waals surface area contributed by atoms with Crippen molar-refractivity contribution in [2.24, 2.45) is 0 Å². The molecule has 0 saturated carbocycles. The number of nitrogens with one attached hydrogen (secondary N) is 2. The molecule has 1 saturated heterocycles. The van der Waals surface area contributed by atoms with E-state index in [2.05, 4.69) is 10.6 Å². The van der Waals surface area contributed by atoms with E-state index in [4.69, 9.17) is 0 Å². The number of sulfonamides is 1. The van der Waals surface area contributed by atoms with Crippen molar-refractivity contribution in [3.05, 3.63) is 24.3 Å². The summed E-state index contributed by atoms with van der Waals surface area (Å²) < 4.78 is 26.4. The zero-order chi connectivity index (χ0) is 13.5. The van der Waals surface area contributed by atoms with Crippen molar-refractivity contribution in [3.63, 3.8) is 0 Å². The van der Waals surface area contributed by atoms with E-state index in [9.17, 15) is 13.2 Å². The van der Waals surface area contributed by atoms with Gasteiger partial charge >= 0.3 is 0 Å². The molecule has 102 valence electrons. The predicted octanol–water partition coefficient (Wildman–Crippen LogP) is 0.137. The van der Waals surface area contributed by atoms with Gasteiger partial charge in [0, 0.05) is 6.54 Å². The molecule has 0 bridgehead atoms. The average molecular weight is 281 g/mol. The Balaban J connectivity index is 2.03. The summed E-state index contributed by atoms with van der Waals surface area (Å²) >= 11 is 0. The average Bonchev–Trinajstić information content (AvgIpc) is 2.92. The van der Waals surface area contributed by atoms with E-state index in [0.717, 1.165) is 0 Å². The summed E-state index contributed by atoms with van der Waals surface area (Å²) in [5.74, 6) is -0.298. The number of fused-ring (bicyclic) bond motifs is 1. The van der Waals surface area contributed by atoms with Crippen LogP contribution in [-0.4, -0.2) is 39.2 Å². The van der Waals surface area contributed by atoms with Crippen LogP contribution in [-0.2, 0) is 14.8 Å². The number of anilines is 2. The Morgan fingerprint density at radius 1 is 1.26 bits per heavy atom. The zero-order valence-corrected chi connectivity index (χ0v) is 11.1. The Morgan fingerprint density at radius 3 is 2.79 bits per heavy atom. The maximum atomic E-state index is 12.6. The van der Waals surface area contributed by atoms with Crippen molar-refractivity contribution >= 4 is 27.3 Å². The number of hydrogen-bond donors (Lipinski definition) is 2. The Morgan fingerprint density at radius 2 is 2.05 bits per heavy atom. The van der Waals surface area contributed by atoms with Crippen LogP contribution in [0.3, 0.4) is 0 Å². The number of carbonyl (C=O) groups is 1. The third-order valence-corrected chi connectivity index (χ3v) is 5.66. The molecule has 2 N–H and O–H groups in total. The van der Waals surface area contributed by atoms with Gasteiger partial charge in [-0.05, 0) is 25.1 Å². The minimum Gasteiger partial charge on any atom is -0.323 e. The molecule has 0 aromatic heterocycles. The topological polar surface area (TPSA) is 78.5 Å². The lowest BCUT2D eigenvalue weighted by Crippen LogP contribution is -2.46. The van der Waals surface area contributed by atoms with Gasteiger partial charge in [-0.15, -0.1) is 0 Å². The van der Waals surface area contributed by atoms with Crippen LogP contribution in [0.15, 0.2) is 24.3 Å². The van der Waals surface area contributed by atoms with Crippen molar-refractivity contribution in [1.29, 1.82) is 0 Å². The molecule has 0 aliphatic carbocycles. The molecule has 1 atom stereocenters. The molecule has 2 aliphatic rings. The van der Waals surface area contributed by atoms with Gasteiger partial charge in [0.15, 0.2) is 0 Å². The smallest absolute Gasteiger partial charge is 0.245 e. The summed E-state index contributed by atoms with van der Waals surface area (Å²) in [4.78, 5) is 11.7. The highest BCUT2D eigenvalue weighted by atomic mass is 32.2. The van der Waals surface area contributed by atoms with Crippen LogP contribution in [0.4, 0.5) is 11.4 Å². The molecule has 1 fully saturated rings. The van der Waals surface area contributed by atoms with E-state index in [1.54, 1.807) is 24.3 Å².